The van der Waals surface area contributed by atoms with Gasteiger partial charge in [0.1, 0.15) is 15.9 Å². The number of rotatable bonds is 8. The van der Waals surface area contributed by atoms with Gasteiger partial charge in [0, 0.05) is 12.6 Å². The predicted octanol–water partition coefficient (Wildman–Crippen LogP) is 5.82. The van der Waals surface area contributed by atoms with Gasteiger partial charge in [0.25, 0.3) is 11.2 Å². The fraction of sp³-hybridized carbons (Fsp3) is 0.280. The minimum atomic E-state index is -0.542. The molecule has 0 saturated heterocycles. The Balaban J connectivity index is 1.75. The Morgan fingerprint density at radius 2 is 1.74 bits per heavy atom. The van der Waals surface area contributed by atoms with Crippen molar-refractivity contribution in [1.29, 1.82) is 0 Å². The molecule has 3 aromatic heterocycles. The fourth-order valence-corrected chi connectivity index (χ4v) is 4.53. The van der Waals surface area contributed by atoms with Crippen LogP contribution in [-0.2, 0) is 6.54 Å². The van der Waals surface area contributed by atoms with Gasteiger partial charge < -0.3 is 0 Å². The third-order valence-electron chi connectivity index (χ3n) is 6.12. The van der Waals surface area contributed by atoms with Crippen LogP contribution >= 0.6 is 11.6 Å². The largest absolute Gasteiger partial charge is 0.299 e. The van der Waals surface area contributed by atoms with E-state index in [1.807, 2.05) is 24.3 Å². The second kappa shape index (κ2) is 9.42. The van der Waals surface area contributed by atoms with Gasteiger partial charge in [0.05, 0.1) is 28.0 Å². The van der Waals surface area contributed by atoms with Gasteiger partial charge in [-0.3, -0.25) is 24.0 Å². The number of fused-ring (bicyclic) bond motifs is 4. The zero-order valence-corrected chi connectivity index (χ0v) is 19.9. The van der Waals surface area contributed by atoms with Gasteiger partial charge in [0.2, 0.25) is 0 Å². The lowest BCUT2D eigenvalue weighted by atomic mass is 10.1. The van der Waals surface area contributed by atoms with Gasteiger partial charge in [0.15, 0.2) is 11.3 Å². The number of aromatic nitrogens is 5. The monoisotopic (exact) mass is 490 g/mol. The molecule has 0 unspecified atom stereocenters. The van der Waals surface area contributed by atoms with Crippen molar-refractivity contribution >= 4 is 50.5 Å². The van der Waals surface area contributed by atoms with Crippen LogP contribution in [0.2, 0.25) is 5.02 Å². The zero-order chi connectivity index (χ0) is 24.5. The van der Waals surface area contributed by atoms with Crippen LogP contribution in [0.15, 0.2) is 53.6 Å². The SMILES string of the molecule is CCCCCCCn1cnc2c(c1=O)c1nc3ccccc3nc1n2-c1ccc(Cl)c([N+](=O)[O-])c1. The summed E-state index contributed by atoms with van der Waals surface area (Å²) < 4.78 is 3.25. The summed E-state index contributed by atoms with van der Waals surface area (Å²) in [6.45, 7) is 2.73. The number of hydrogen-bond donors (Lipinski definition) is 0. The number of nitro groups is 1. The maximum absolute atomic E-state index is 13.6. The van der Waals surface area contributed by atoms with Crippen molar-refractivity contribution in [3.05, 3.63) is 74.3 Å². The summed E-state index contributed by atoms with van der Waals surface area (Å²) in [5, 5.41) is 11.9. The second-order valence-corrected chi connectivity index (χ2v) is 8.88. The summed E-state index contributed by atoms with van der Waals surface area (Å²) in [6.07, 6.45) is 6.91. The predicted molar refractivity (Wildman–Crippen MR) is 136 cm³/mol. The Hall–Kier alpha value is -3.85. The van der Waals surface area contributed by atoms with Gasteiger partial charge in [-0.1, -0.05) is 56.3 Å². The van der Waals surface area contributed by atoms with Crippen LogP contribution in [0.4, 0.5) is 5.69 Å². The number of nitrogens with zero attached hydrogens (tertiary/aromatic N) is 6. The number of unbranched alkanes of at least 4 members (excludes halogenated alkanes) is 4. The molecule has 0 saturated carbocycles. The van der Waals surface area contributed by atoms with E-state index < -0.39 is 4.92 Å². The normalized spacial score (nSPS) is 11.6. The van der Waals surface area contributed by atoms with E-state index in [9.17, 15) is 14.9 Å². The van der Waals surface area contributed by atoms with Crippen molar-refractivity contribution in [3.63, 3.8) is 0 Å². The van der Waals surface area contributed by atoms with E-state index in [1.54, 1.807) is 15.2 Å². The van der Waals surface area contributed by atoms with Crippen molar-refractivity contribution in [2.75, 3.05) is 0 Å². The van der Waals surface area contributed by atoms with Crippen LogP contribution in [0.3, 0.4) is 0 Å². The van der Waals surface area contributed by atoms with Crippen molar-refractivity contribution in [2.45, 2.75) is 45.6 Å². The smallest absolute Gasteiger partial charge is 0.289 e. The summed E-state index contributed by atoms with van der Waals surface area (Å²) >= 11 is 6.05. The summed E-state index contributed by atoms with van der Waals surface area (Å²) in [5.41, 5.74) is 2.43. The van der Waals surface area contributed by atoms with Gasteiger partial charge in [-0.2, -0.15) is 0 Å². The van der Waals surface area contributed by atoms with Crippen LogP contribution < -0.4 is 5.56 Å². The summed E-state index contributed by atoms with van der Waals surface area (Å²) in [4.78, 5) is 38.7. The van der Waals surface area contributed by atoms with E-state index in [-0.39, 0.29) is 16.3 Å². The van der Waals surface area contributed by atoms with E-state index >= 15 is 0 Å². The average Bonchev–Trinajstić information content (AvgIpc) is 3.17. The molecule has 0 amide bonds. The molecule has 0 aliphatic carbocycles. The molecule has 0 spiro atoms. The topological polar surface area (TPSA) is 109 Å². The highest BCUT2D eigenvalue weighted by molar-refractivity contribution is 6.32. The minimum Gasteiger partial charge on any atom is -0.299 e. The first-order valence-electron chi connectivity index (χ1n) is 11.6. The second-order valence-electron chi connectivity index (χ2n) is 8.47. The van der Waals surface area contributed by atoms with Crippen LogP contribution in [0.5, 0.6) is 0 Å². The Morgan fingerprint density at radius 1 is 1.00 bits per heavy atom. The van der Waals surface area contributed by atoms with E-state index in [2.05, 4.69) is 11.9 Å². The Labute approximate surface area is 205 Å². The van der Waals surface area contributed by atoms with Crippen LogP contribution in [-0.4, -0.2) is 29.0 Å². The molecule has 35 heavy (non-hydrogen) atoms. The van der Waals surface area contributed by atoms with E-state index in [0.29, 0.717) is 45.5 Å². The van der Waals surface area contributed by atoms with Gasteiger partial charge in [-0.15, -0.1) is 0 Å². The molecule has 2 aromatic carbocycles. The van der Waals surface area contributed by atoms with E-state index in [4.69, 9.17) is 21.6 Å². The highest BCUT2D eigenvalue weighted by atomic mass is 35.5. The standard InChI is InChI=1S/C25H23ClN6O3/c1-2-3-4-5-8-13-30-15-27-23-21(25(30)33)22-24(29-19-10-7-6-9-18(19)28-22)31(23)16-11-12-17(26)20(14-16)32(34)35/h6-7,9-12,14-15H,2-5,8,13H2,1H3. The highest BCUT2D eigenvalue weighted by Gasteiger charge is 2.23. The van der Waals surface area contributed by atoms with Crippen LogP contribution in [0.1, 0.15) is 39.0 Å². The molecule has 9 nitrogen and oxygen atoms in total. The van der Waals surface area contributed by atoms with Crippen molar-refractivity contribution in [2.24, 2.45) is 0 Å². The van der Waals surface area contributed by atoms with Crippen LogP contribution in [0, 0.1) is 10.1 Å². The molecule has 10 heteroatoms. The minimum absolute atomic E-state index is 0.0226. The van der Waals surface area contributed by atoms with Gasteiger partial charge in [-0.05, 0) is 30.7 Å². The maximum atomic E-state index is 13.6. The van der Waals surface area contributed by atoms with Crippen molar-refractivity contribution < 1.29 is 4.92 Å². The molecule has 0 aliphatic heterocycles. The molecule has 0 aliphatic rings. The number of aryl methyl sites for hydroxylation is 1. The van der Waals surface area contributed by atoms with Crippen molar-refractivity contribution in [1.82, 2.24) is 24.1 Å². The molecule has 178 valence electrons. The van der Waals surface area contributed by atoms with Gasteiger partial charge >= 0.3 is 0 Å². The Morgan fingerprint density at radius 3 is 2.49 bits per heavy atom. The highest BCUT2D eigenvalue weighted by Crippen LogP contribution is 2.32. The van der Waals surface area contributed by atoms with E-state index in [0.717, 1.165) is 25.7 Å². The average molecular weight is 491 g/mol. The molecule has 0 fully saturated rings. The number of para-hydroxylation sites is 2. The molecular weight excluding hydrogens is 468 g/mol. The van der Waals surface area contributed by atoms with Gasteiger partial charge in [-0.25, -0.2) is 15.0 Å². The molecule has 0 radical (unpaired) electrons. The number of hydrogen-bond acceptors (Lipinski definition) is 6. The summed E-state index contributed by atoms with van der Waals surface area (Å²) in [5.74, 6) is 0. The lowest BCUT2D eigenvalue weighted by Crippen LogP contribution is -2.20. The number of benzene rings is 2. The summed E-state index contributed by atoms with van der Waals surface area (Å²) in [7, 11) is 0. The molecule has 0 bridgehead atoms. The molecule has 5 rings (SSSR count). The van der Waals surface area contributed by atoms with Crippen LogP contribution in [0.25, 0.3) is 38.9 Å². The lowest BCUT2D eigenvalue weighted by molar-refractivity contribution is -0.384. The number of halogens is 1. The first kappa shape index (κ1) is 22.9. The molecular formula is C25H23ClN6O3. The Bertz CT molecular complexity index is 1640. The first-order chi connectivity index (χ1) is 17.0. The molecule has 0 atom stereocenters. The lowest BCUT2D eigenvalue weighted by Gasteiger charge is -2.08. The third-order valence-corrected chi connectivity index (χ3v) is 6.44. The fourth-order valence-electron chi connectivity index (χ4n) is 4.34. The molecule has 0 N–H and O–H groups in total. The Kier molecular flexibility index (Phi) is 6.17. The third kappa shape index (κ3) is 4.12. The zero-order valence-electron chi connectivity index (χ0n) is 19.1. The first-order valence-corrected chi connectivity index (χ1v) is 12.0. The number of nitro benzene ring substituents is 1. The molecule has 5 aromatic rings. The summed E-state index contributed by atoms with van der Waals surface area (Å²) in [6, 6.07) is 11.8. The molecule has 3 heterocycles. The van der Waals surface area contributed by atoms with Crippen molar-refractivity contribution in [3.8, 4) is 5.69 Å². The van der Waals surface area contributed by atoms with E-state index in [1.165, 1.54) is 24.9 Å². The maximum Gasteiger partial charge on any atom is 0.289 e. The quantitative estimate of drug-likeness (QED) is 0.154.